The summed E-state index contributed by atoms with van der Waals surface area (Å²) < 4.78 is 45.9. The lowest BCUT2D eigenvalue weighted by molar-refractivity contribution is -0.274. The molecular weight excluding hydrogens is 323 g/mol. The zero-order valence-electron chi connectivity index (χ0n) is 13.4. The molecule has 0 saturated heterocycles. The van der Waals surface area contributed by atoms with E-state index in [-0.39, 0.29) is 12.4 Å². The molecule has 1 aromatic heterocycles. The number of aryl methyl sites for hydroxylation is 2. The maximum absolute atomic E-state index is 12.3. The Morgan fingerprint density at radius 2 is 1.92 bits per heavy atom. The average molecular weight is 339 g/mol. The molecule has 128 valence electrons. The van der Waals surface area contributed by atoms with Crippen LogP contribution >= 0.6 is 0 Å². The van der Waals surface area contributed by atoms with Crippen LogP contribution in [0.1, 0.15) is 28.5 Å². The third-order valence-corrected chi connectivity index (χ3v) is 3.24. The molecule has 24 heavy (non-hydrogen) atoms. The molecule has 0 spiro atoms. The number of hydrogen-bond donors (Lipinski definition) is 0. The second-order valence-electron chi connectivity index (χ2n) is 5.08. The van der Waals surface area contributed by atoms with Gasteiger partial charge in [-0.3, -0.25) is 4.98 Å². The van der Waals surface area contributed by atoms with Gasteiger partial charge in [0.2, 0.25) is 0 Å². The maximum Gasteiger partial charge on any atom is 0.573 e. The Kier molecular flexibility index (Phi) is 5.11. The second-order valence-corrected chi connectivity index (χ2v) is 5.08. The number of benzene rings is 1. The smallest absolute Gasteiger partial charge is 0.462 e. The summed E-state index contributed by atoms with van der Waals surface area (Å²) in [5.74, 6) is -0.799. The van der Waals surface area contributed by atoms with E-state index in [1.54, 1.807) is 32.9 Å². The zero-order chi connectivity index (χ0) is 17.9. The molecule has 0 fully saturated rings. The molecule has 0 saturated carbocycles. The van der Waals surface area contributed by atoms with Crippen LogP contribution in [0.3, 0.4) is 0 Å². The molecular formula is C17H16F3NO3. The summed E-state index contributed by atoms with van der Waals surface area (Å²) in [5.41, 5.74) is 2.36. The number of pyridine rings is 1. The summed E-state index contributed by atoms with van der Waals surface area (Å²) in [4.78, 5) is 16.2. The zero-order valence-corrected chi connectivity index (χ0v) is 13.4. The van der Waals surface area contributed by atoms with Crippen LogP contribution in [0.2, 0.25) is 0 Å². The Hall–Kier alpha value is -2.57. The van der Waals surface area contributed by atoms with Gasteiger partial charge in [0.05, 0.1) is 23.6 Å². The molecule has 0 aliphatic heterocycles. The SMILES string of the molecule is CCOC(=O)c1c(C)cc(-c2cccc(OC(F)(F)F)c2)nc1C. The summed E-state index contributed by atoms with van der Waals surface area (Å²) in [6.07, 6.45) is -4.76. The van der Waals surface area contributed by atoms with Crippen molar-refractivity contribution in [3.8, 4) is 17.0 Å². The van der Waals surface area contributed by atoms with Crippen molar-refractivity contribution in [3.05, 3.63) is 47.2 Å². The molecule has 0 radical (unpaired) electrons. The van der Waals surface area contributed by atoms with Gasteiger partial charge in [0.25, 0.3) is 0 Å². The molecule has 4 nitrogen and oxygen atoms in total. The number of rotatable bonds is 4. The Bertz CT molecular complexity index is 734. The van der Waals surface area contributed by atoms with Crippen LogP contribution in [0, 0.1) is 13.8 Å². The van der Waals surface area contributed by atoms with Gasteiger partial charge < -0.3 is 9.47 Å². The van der Waals surface area contributed by atoms with Crippen molar-refractivity contribution >= 4 is 5.97 Å². The first-order valence-electron chi connectivity index (χ1n) is 7.23. The molecule has 1 heterocycles. The lowest BCUT2D eigenvalue weighted by Crippen LogP contribution is -2.17. The number of alkyl halides is 3. The van der Waals surface area contributed by atoms with E-state index >= 15 is 0 Å². The minimum absolute atomic E-state index is 0.246. The summed E-state index contributed by atoms with van der Waals surface area (Å²) in [6.45, 7) is 5.33. The summed E-state index contributed by atoms with van der Waals surface area (Å²) in [5, 5.41) is 0. The molecule has 0 aliphatic rings. The van der Waals surface area contributed by atoms with E-state index in [2.05, 4.69) is 9.72 Å². The number of nitrogens with zero attached hydrogens (tertiary/aromatic N) is 1. The van der Waals surface area contributed by atoms with E-state index < -0.39 is 12.3 Å². The van der Waals surface area contributed by atoms with E-state index in [1.165, 1.54) is 18.2 Å². The largest absolute Gasteiger partial charge is 0.573 e. The van der Waals surface area contributed by atoms with Gasteiger partial charge in [-0.05, 0) is 44.5 Å². The Balaban J connectivity index is 2.40. The summed E-state index contributed by atoms with van der Waals surface area (Å²) in [7, 11) is 0. The van der Waals surface area contributed by atoms with Crippen molar-refractivity contribution in [1.82, 2.24) is 4.98 Å². The second kappa shape index (κ2) is 6.90. The van der Waals surface area contributed by atoms with Crippen molar-refractivity contribution in [3.63, 3.8) is 0 Å². The van der Waals surface area contributed by atoms with E-state index in [0.29, 0.717) is 28.1 Å². The van der Waals surface area contributed by atoms with E-state index in [4.69, 9.17) is 4.74 Å². The highest BCUT2D eigenvalue weighted by Crippen LogP contribution is 2.28. The maximum atomic E-state index is 12.3. The Morgan fingerprint density at radius 1 is 1.21 bits per heavy atom. The van der Waals surface area contributed by atoms with Crippen molar-refractivity contribution in [2.75, 3.05) is 6.61 Å². The first kappa shape index (κ1) is 17.8. The number of ether oxygens (including phenoxy) is 2. The highest BCUT2D eigenvalue weighted by Gasteiger charge is 2.31. The number of hydrogen-bond acceptors (Lipinski definition) is 4. The van der Waals surface area contributed by atoms with Gasteiger partial charge in [-0.25, -0.2) is 4.79 Å². The average Bonchev–Trinajstić information content (AvgIpc) is 2.45. The Morgan fingerprint density at radius 3 is 2.50 bits per heavy atom. The highest BCUT2D eigenvalue weighted by molar-refractivity contribution is 5.92. The van der Waals surface area contributed by atoms with Crippen LogP contribution in [0.25, 0.3) is 11.3 Å². The standard InChI is InChI=1S/C17H16F3NO3/c1-4-23-16(22)15-10(2)8-14(21-11(15)3)12-6-5-7-13(9-12)24-17(18,19)20/h5-9H,4H2,1-3H3. The fraction of sp³-hybridized carbons (Fsp3) is 0.294. The predicted molar refractivity (Wildman–Crippen MR) is 81.8 cm³/mol. The van der Waals surface area contributed by atoms with Crippen LogP contribution < -0.4 is 4.74 Å². The monoisotopic (exact) mass is 339 g/mol. The molecule has 0 aliphatic carbocycles. The van der Waals surface area contributed by atoms with Crippen LogP contribution in [0.5, 0.6) is 5.75 Å². The molecule has 0 N–H and O–H groups in total. The highest BCUT2D eigenvalue weighted by atomic mass is 19.4. The van der Waals surface area contributed by atoms with E-state index in [1.807, 2.05) is 0 Å². The van der Waals surface area contributed by atoms with Gasteiger partial charge in [-0.15, -0.1) is 13.2 Å². The molecule has 2 aromatic rings. The first-order valence-corrected chi connectivity index (χ1v) is 7.23. The minimum Gasteiger partial charge on any atom is -0.462 e. The molecule has 7 heteroatoms. The lowest BCUT2D eigenvalue weighted by atomic mass is 10.0. The summed E-state index contributed by atoms with van der Waals surface area (Å²) >= 11 is 0. The van der Waals surface area contributed by atoms with Crippen LogP contribution in [-0.4, -0.2) is 23.9 Å². The van der Waals surface area contributed by atoms with Gasteiger partial charge in [-0.2, -0.15) is 0 Å². The van der Waals surface area contributed by atoms with E-state index in [0.717, 1.165) is 0 Å². The van der Waals surface area contributed by atoms with Gasteiger partial charge in [-0.1, -0.05) is 12.1 Å². The third-order valence-electron chi connectivity index (χ3n) is 3.24. The molecule has 0 amide bonds. The number of esters is 1. The van der Waals surface area contributed by atoms with Gasteiger partial charge >= 0.3 is 12.3 Å². The number of carbonyl (C=O) groups is 1. The fourth-order valence-electron chi connectivity index (χ4n) is 2.34. The van der Waals surface area contributed by atoms with Crippen LogP contribution in [0.4, 0.5) is 13.2 Å². The van der Waals surface area contributed by atoms with Crippen molar-refractivity contribution in [2.24, 2.45) is 0 Å². The van der Waals surface area contributed by atoms with Crippen LogP contribution in [0.15, 0.2) is 30.3 Å². The van der Waals surface area contributed by atoms with Gasteiger partial charge in [0.1, 0.15) is 5.75 Å². The molecule has 0 atom stereocenters. The molecule has 0 bridgehead atoms. The number of carbonyl (C=O) groups excluding carboxylic acids is 1. The van der Waals surface area contributed by atoms with Crippen molar-refractivity contribution in [1.29, 1.82) is 0 Å². The predicted octanol–water partition coefficient (Wildman–Crippen LogP) is 4.44. The first-order chi connectivity index (χ1) is 11.2. The Labute approximate surface area is 137 Å². The van der Waals surface area contributed by atoms with Gasteiger partial charge in [0, 0.05) is 5.56 Å². The molecule has 2 rings (SSSR count). The third kappa shape index (κ3) is 4.24. The quantitative estimate of drug-likeness (QED) is 0.773. The van der Waals surface area contributed by atoms with Gasteiger partial charge in [0.15, 0.2) is 0 Å². The normalized spacial score (nSPS) is 11.2. The fourth-order valence-corrected chi connectivity index (χ4v) is 2.34. The topological polar surface area (TPSA) is 48.4 Å². The summed E-state index contributed by atoms with van der Waals surface area (Å²) in [6, 6.07) is 7.16. The van der Waals surface area contributed by atoms with E-state index in [9.17, 15) is 18.0 Å². The number of aromatic nitrogens is 1. The lowest BCUT2D eigenvalue weighted by Gasteiger charge is -2.12. The molecule has 0 unspecified atom stereocenters. The van der Waals surface area contributed by atoms with Crippen molar-refractivity contribution < 1.29 is 27.4 Å². The molecule has 1 aromatic carbocycles. The minimum atomic E-state index is -4.76. The van der Waals surface area contributed by atoms with Crippen molar-refractivity contribution in [2.45, 2.75) is 27.1 Å². The van der Waals surface area contributed by atoms with Crippen LogP contribution in [-0.2, 0) is 4.74 Å². The number of halogens is 3.